The van der Waals surface area contributed by atoms with Crippen LogP contribution in [0.2, 0.25) is 5.02 Å². The van der Waals surface area contributed by atoms with Gasteiger partial charge in [-0.3, -0.25) is 4.79 Å². The van der Waals surface area contributed by atoms with E-state index in [1.807, 2.05) is 0 Å². The fraction of sp³-hybridized carbons (Fsp3) is 0.250. The number of carbonyl (C=O) groups is 1. The molecule has 24 heavy (non-hydrogen) atoms. The molecule has 0 unspecified atom stereocenters. The van der Waals surface area contributed by atoms with E-state index in [2.05, 4.69) is 5.32 Å². The number of aryl methyl sites for hydroxylation is 1. The number of anilines is 2. The van der Waals surface area contributed by atoms with Gasteiger partial charge in [-0.15, -0.1) is 0 Å². The molecule has 1 aromatic heterocycles. The van der Waals surface area contributed by atoms with Gasteiger partial charge in [0.25, 0.3) is 5.56 Å². The van der Waals surface area contributed by atoms with Crippen molar-refractivity contribution in [2.45, 2.75) is 18.9 Å². The number of rotatable bonds is 4. The third-order valence-corrected chi connectivity index (χ3v) is 3.76. The van der Waals surface area contributed by atoms with Crippen LogP contribution in [0.4, 0.5) is 20.2 Å². The van der Waals surface area contributed by atoms with Gasteiger partial charge in [0.2, 0.25) is 5.82 Å². The van der Waals surface area contributed by atoms with Crippen LogP contribution in [0.25, 0.3) is 0 Å². The highest BCUT2D eigenvalue weighted by Crippen LogP contribution is 2.29. The average Bonchev–Trinajstić information content (AvgIpc) is 3.33. The van der Waals surface area contributed by atoms with Gasteiger partial charge in [-0.25, -0.2) is 9.18 Å². The monoisotopic (exact) mass is 354 g/mol. The predicted molar refractivity (Wildman–Crippen MR) is 84.8 cm³/mol. The second-order valence-electron chi connectivity index (χ2n) is 5.50. The van der Waals surface area contributed by atoms with Gasteiger partial charge >= 0.3 is 5.97 Å². The molecule has 1 aromatic carbocycles. The van der Waals surface area contributed by atoms with E-state index in [-0.39, 0.29) is 22.4 Å². The predicted octanol–water partition coefficient (Wildman–Crippen LogP) is 3.38. The second kappa shape index (κ2) is 6.24. The van der Waals surface area contributed by atoms with Crippen molar-refractivity contribution in [2.24, 2.45) is 7.05 Å². The summed E-state index contributed by atoms with van der Waals surface area (Å²) in [7, 11) is 1.31. The largest absolute Gasteiger partial charge is 0.459 e. The summed E-state index contributed by atoms with van der Waals surface area (Å²) in [4.78, 5) is 24.0. The second-order valence-corrected chi connectivity index (χ2v) is 5.94. The molecular weight excluding hydrogens is 342 g/mol. The van der Waals surface area contributed by atoms with E-state index in [4.69, 9.17) is 16.3 Å². The summed E-state index contributed by atoms with van der Waals surface area (Å²) < 4.78 is 34.4. The molecule has 126 valence electrons. The summed E-state index contributed by atoms with van der Waals surface area (Å²) in [5, 5.41) is 2.62. The minimum Gasteiger partial charge on any atom is -0.459 e. The van der Waals surface area contributed by atoms with Crippen LogP contribution in [0.3, 0.4) is 0 Å². The number of halogens is 3. The van der Waals surface area contributed by atoms with E-state index in [1.165, 1.54) is 19.2 Å². The lowest BCUT2D eigenvalue weighted by Gasteiger charge is -2.14. The fourth-order valence-corrected chi connectivity index (χ4v) is 2.26. The zero-order valence-electron chi connectivity index (χ0n) is 12.6. The van der Waals surface area contributed by atoms with Crippen molar-refractivity contribution in [3.8, 4) is 0 Å². The van der Waals surface area contributed by atoms with Crippen molar-refractivity contribution < 1.29 is 18.3 Å². The van der Waals surface area contributed by atoms with Crippen LogP contribution in [-0.4, -0.2) is 16.6 Å². The van der Waals surface area contributed by atoms with E-state index in [9.17, 15) is 18.4 Å². The van der Waals surface area contributed by atoms with E-state index in [0.717, 1.165) is 29.7 Å². The molecule has 1 saturated carbocycles. The molecule has 2 aromatic rings. The zero-order chi connectivity index (χ0) is 17.4. The molecule has 0 aliphatic heterocycles. The van der Waals surface area contributed by atoms with Gasteiger partial charge in [0.05, 0.1) is 11.4 Å². The molecule has 0 atom stereocenters. The van der Waals surface area contributed by atoms with Crippen LogP contribution in [0.5, 0.6) is 0 Å². The van der Waals surface area contributed by atoms with Crippen LogP contribution in [0.1, 0.15) is 23.2 Å². The van der Waals surface area contributed by atoms with Gasteiger partial charge in [0.1, 0.15) is 17.5 Å². The van der Waals surface area contributed by atoms with E-state index >= 15 is 0 Å². The van der Waals surface area contributed by atoms with E-state index in [1.54, 1.807) is 0 Å². The van der Waals surface area contributed by atoms with Gasteiger partial charge < -0.3 is 14.6 Å². The third kappa shape index (κ3) is 3.26. The van der Waals surface area contributed by atoms with Gasteiger partial charge in [-0.05, 0) is 31.0 Å². The number of nitrogens with one attached hydrogen (secondary N) is 1. The number of hydrogen-bond donors (Lipinski definition) is 1. The summed E-state index contributed by atoms with van der Waals surface area (Å²) in [6.45, 7) is 0. The lowest BCUT2D eigenvalue weighted by Crippen LogP contribution is -2.25. The fourth-order valence-electron chi connectivity index (χ4n) is 2.10. The van der Waals surface area contributed by atoms with E-state index in [0.29, 0.717) is 0 Å². The molecule has 1 heterocycles. The summed E-state index contributed by atoms with van der Waals surface area (Å²) >= 11 is 5.67. The number of hydrogen-bond acceptors (Lipinski definition) is 4. The van der Waals surface area contributed by atoms with Crippen LogP contribution >= 0.6 is 11.6 Å². The van der Waals surface area contributed by atoms with Crippen LogP contribution in [0, 0.1) is 11.6 Å². The zero-order valence-corrected chi connectivity index (χ0v) is 13.4. The van der Waals surface area contributed by atoms with Gasteiger partial charge in [0, 0.05) is 18.3 Å². The first-order valence-corrected chi connectivity index (χ1v) is 7.57. The number of carbonyl (C=O) groups excluding carboxylic acids is 1. The average molecular weight is 355 g/mol. The molecule has 0 saturated heterocycles. The maximum atomic E-state index is 14.4. The molecule has 1 aliphatic carbocycles. The molecule has 0 radical (unpaired) electrons. The molecule has 1 N–H and O–H groups in total. The lowest BCUT2D eigenvalue weighted by atomic mass is 10.2. The van der Waals surface area contributed by atoms with Crippen molar-refractivity contribution in [3.63, 3.8) is 0 Å². The maximum absolute atomic E-state index is 14.4. The first-order valence-electron chi connectivity index (χ1n) is 7.19. The number of nitrogens with zero attached hydrogens (tertiary/aromatic N) is 1. The standard InChI is InChI=1S/C16H13ClF2N2O3/c1-21-7-10(16(23)24-9-3-4-9)14(13(19)15(21)22)20-12-5-2-8(17)6-11(12)18/h2,5-7,9,20H,3-4H2,1H3. The Labute approximate surface area is 140 Å². The van der Waals surface area contributed by atoms with Gasteiger partial charge in [-0.1, -0.05) is 11.6 Å². The smallest absolute Gasteiger partial charge is 0.342 e. The third-order valence-electron chi connectivity index (χ3n) is 3.53. The highest BCUT2D eigenvalue weighted by Gasteiger charge is 2.29. The van der Waals surface area contributed by atoms with Gasteiger partial charge in [-0.2, -0.15) is 4.39 Å². The number of aromatic nitrogens is 1. The highest BCUT2D eigenvalue weighted by molar-refractivity contribution is 6.30. The molecule has 0 spiro atoms. The molecule has 5 nitrogen and oxygen atoms in total. The Morgan fingerprint density at radius 2 is 2.08 bits per heavy atom. The van der Waals surface area contributed by atoms with Gasteiger partial charge in [0.15, 0.2) is 0 Å². The highest BCUT2D eigenvalue weighted by atomic mass is 35.5. The lowest BCUT2D eigenvalue weighted by molar-refractivity contribution is 0.0472. The SMILES string of the molecule is Cn1cc(C(=O)OC2CC2)c(Nc2ccc(Cl)cc2F)c(F)c1=O. The molecule has 0 amide bonds. The minimum atomic E-state index is -1.20. The van der Waals surface area contributed by atoms with E-state index < -0.39 is 28.9 Å². The molecule has 3 rings (SSSR count). The first kappa shape index (κ1) is 16.4. The van der Waals surface area contributed by atoms with Crippen molar-refractivity contribution in [1.29, 1.82) is 0 Å². The molecule has 8 heteroatoms. The normalized spacial score (nSPS) is 13.7. The number of ether oxygens (including phenoxy) is 1. The molecule has 0 bridgehead atoms. The Morgan fingerprint density at radius 3 is 2.71 bits per heavy atom. The Hall–Kier alpha value is -2.41. The molecule has 1 aliphatic rings. The Kier molecular flexibility index (Phi) is 4.28. The number of pyridine rings is 1. The van der Waals surface area contributed by atoms with Crippen LogP contribution in [0.15, 0.2) is 29.2 Å². The topological polar surface area (TPSA) is 60.3 Å². The first-order chi connectivity index (χ1) is 11.4. The van der Waals surface area contributed by atoms with Crippen LogP contribution < -0.4 is 10.9 Å². The Balaban J connectivity index is 2.05. The summed E-state index contributed by atoms with van der Waals surface area (Å²) in [6, 6.07) is 3.71. The quantitative estimate of drug-likeness (QED) is 0.855. The summed E-state index contributed by atoms with van der Waals surface area (Å²) in [5.74, 6) is -2.72. The van der Waals surface area contributed by atoms with Crippen molar-refractivity contribution in [3.05, 3.63) is 57.0 Å². The summed E-state index contributed by atoms with van der Waals surface area (Å²) in [6.07, 6.45) is 2.45. The molecular formula is C16H13ClF2N2O3. The minimum absolute atomic E-state index is 0.118. The Bertz CT molecular complexity index is 878. The summed E-state index contributed by atoms with van der Waals surface area (Å²) in [5.41, 5.74) is -1.68. The number of benzene rings is 1. The number of esters is 1. The Morgan fingerprint density at radius 1 is 1.38 bits per heavy atom. The van der Waals surface area contributed by atoms with Crippen molar-refractivity contribution in [2.75, 3.05) is 5.32 Å². The van der Waals surface area contributed by atoms with Crippen molar-refractivity contribution >= 4 is 28.9 Å². The van der Waals surface area contributed by atoms with Crippen LogP contribution in [-0.2, 0) is 11.8 Å². The maximum Gasteiger partial charge on any atom is 0.342 e. The van der Waals surface area contributed by atoms with Crippen molar-refractivity contribution in [1.82, 2.24) is 4.57 Å². The molecule has 1 fully saturated rings.